The molecule has 10 aliphatic carbocycles. The number of nitrogens with zero attached hydrogens (tertiary/aromatic N) is 2. The zero-order valence-corrected chi connectivity index (χ0v) is 41.4. The van der Waals surface area contributed by atoms with Crippen molar-refractivity contribution in [3.63, 3.8) is 0 Å². The Morgan fingerprint density at radius 2 is 0.926 bits per heavy atom. The molecular formula is C52H72N6O8S2. The van der Waals surface area contributed by atoms with Crippen molar-refractivity contribution in [1.82, 2.24) is 20.6 Å². The van der Waals surface area contributed by atoms with Crippen LogP contribution in [0.1, 0.15) is 163 Å². The summed E-state index contributed by atoms with van der Waals surface area (Å²) in [4.78, 5) is 64.5. The van der Waals surface area contributed by atoms with E-state index in [1.807, 2.05) is 24.3 Å². The molecule has 10 fully saturated rings. The zero-order chi connectivity index (χ0) is 47.6. The molecule has 2 aromatic heterocycles. The predicted octanol–water partition coefficient (Wildman–Crippen LogP) is 8.37. The highest BCUT2D eigenvalue weighted by Crippen LogP contribution is 2.59. The number of amides is 2. The number of thioether (sulfide) groups is 2. The van der Waals surface area contributed by atoms with Gasteiger partial charge in [0.25, 0.3) is 11.8 Å². The van der Waals surface area contributed by atoms with Crippen LogP contribution >= 0.6 is 23.5 Å². The van der Waals surface area contributed by atoms with Crippen LogP contribution in [0, 0.1) is 46.3 Å². The predicted molar refractivity (Wildman–Crippen MR) is 262 cm³/mol. The number of aromatic nitrogens is 2. The van der Waals surface area contributed by atoms with E-state index in [0.29, 0.717) is 94.0 Å². The number of anilines is 2. The fourth-order valence-electron chi connectivity index (χ4n) is 15.6. The Bertz CT molecular complexity index is 2080. The lowest BCUT2D eigenvalue weighted by atomic mass is 9.51. The molecule has 0 aromatic carbocycles. The molecular weight excluding hydrogens is 901 g/mol. The van der Waals surface area contributed by atoms with Crippen LogP contribution in [-0.2, 0) is 9.59 Å². The Labute approximate surface area is 408 Å². The van der Waals surface area contributed by atoms with Crippen LogP contribution in [0.5, 0.6) is 0 Å². The van der Waals surface area contributed by atoms with E-state index < -0.39 is 34.0 Å². The maximum Gasteiger partial charge on any atom is 0.310 e. The van der Waals surface area contributed by atoms with Crippen molar-refractivity contribution in [1.29, 1.82) is 0 Å². The van der Waals surface area contributed by atoms with E-state index in [-0.39, 0.29) is 61.7 Å². The Morgan fingerprint density at radius 3 is 1.24 bits per heavy atom. The third-order valence-electron chi connectivity index (χ3n) is 18.3. The molecule has 12 rings (SSSR count). The summed E-state index contributed by atoms with van der Waals surface area (Å²) in [5.74, 6) is 2.77. The van der Waals surface area contributed by atoms with E-state index in [1.165, 1.54) is 0 Å². The van der Waals surface area contributed by atoms with Crippen molar-refractivity contribution < 1.29 is 39.6 Å². The lowest BCUT2D eigenvalue weighted by Gasteiger charge is -2.58. The maximum absolute atomic E-state index is 13.9. The molecule has 16 heteroatoms. The van der Waals surface area contributed by atoms with Crippen molar-refractivity contribution in [2.75, 3.05) is 22.1 Å². The number of hydrogen-bond donors (Lipinski definition) is 8. The summed E-state index contributed by atoms with van der Waals surface area (Å²) in [6, 6.07) is 7.23. The highest BCUT2D eigenvalue weighted by molar-refractivity contribution is 7.99. The van der Waals surface area contributed by atoms with Gasteiger partial charge in [0.05, 0.1) is 33.2 Å². The van der Waals surface area contributed by atoms with Gasteiger partial charge in [-0.25, -0.2) is 9.97 Å². The summed E-state index contributed by atoms with van der Waals surface area (Å²) >= 11 is 3.11. The normalized spacial score (nSPS) is 38.8. The average Bonchev–Trinajstić information content (AvgIpc) is 3.29. The summed E-state index contributed by atoms with van der Waals surface area (Å²) < 4.78 is 0. The summed E-state index contributed by atoms with van der Waals surface area (Å²) in [6.45, 7) is 4.19. The number of nitrogens with one attached hydrogen (secondary N) is 4. The Morgan fingerprint density at radius 1 is 0.574 bits per heavy atom. The number of pyridine rings is 2. The summed E-state index contributed by atoms with van der Waals surface area (Å²) in [7, 11) is 0. The average molecular weight is 973 g/mol. The second-order valence-electron chi connectivity index (χ2n) is 22.8. The largest absolute Gasteiger partial charge is 0.481 e. The number of carbonyl (C=O) groups is 4. The highest BCUT2D eigenvalue weighted by Gasteiger charge is 2.63. The molecule has 8 N–H and O–H groups in total. The SMILES string of the molecule is CCCSc1nc(NC2CCC(C(=O)O)(C3(C(=O)O)CCC(Nc4ccc(C(=O)NC5C6CC7CC5CC(O)(C7)C6)c(SCCC)n4)CC3)CC2)ccc1C(=O)NC1C2CC3CC1CC(O)(C3)C2. The van der Waals surface area contributed by atoms with Gasteiger partial charge in [-0.15, -0.1) is 23.5 Å². The molecule has 10 saturated carbocycles. The number of aliphatic hydroxyl groups is 2. The van der Waals surface area contributed by atoms with Crippen molar-refractivity contribution in [3.8, 4) is 0 Å². The third kappa shape index (κ3) is 9.03. The van der Waals surface area contributed by atoms with Crippen molar-refractivity contribution in [2.45, 2.75) is 188 Å². The Kier molecular flexibility index (Phi) is 13.3. The van der Waals surface area contributed by atoms with E-state index in [4.69, 9.17) is 9.97 Å². The first-order valence-corrected chi connectivity index (χ1v) is 27.9. The third-order valence-corrected chi connectivity index (χ3v) is 20.7. The van der Waals surface area contributed by atoms with Crippen LogP contribution in [0.4, 0.5) is 11.6 Å². The molecule has 2 amide bonds. The first-order valence-electron chi connectivity index (χ1n) is 25.9. The topological polar surface area (TPSA) is 223 Å². The molecule has 14 nitrogen and oxygen atoms in total. The van der Waals surface area contributed by atoms with Gasteiger partial charge in [-0.05, 0) is 200 Å². The highest BCUT2D eigenvalue weighted by atomic mass is 32.2. The Balaban J connectivity index is 0.770. The van der Waals surface area contributed by atoms with Crippen molar-refractivity contribution in [3.05, 3.63) is 35.4 Å². The van der Waals surface area contributed by atoms with Crippen molar-refractivity contribution >= 4 is 58.9 Å². The molecule has 8 bridgehead atoms. The van der Waals surface area contributed by atoms with Crippen LogP contribution < -0.4 is 21.3 Å². The van der Waals surface area contributed by atoms with Gasteiger partial charge >= 0.3 is 11.9 Å². The van der Waals surface area contributed by atoms with Gasteiger partial charge in [-0.1, -0.05) is 13.8 Å². The summed E-state index contributed by atoms with van der Waals surface area (Å²) in [5, 5.41) is 59.2. The first-order chi connectivity index (χ1) is 32.6. The van der Waals surface area contributed by atoms with Crippen LogP contribution in [0.2, 0.25) is 0 Å². The summed E-state index contributed by atoms with van der Waals surface area (Å²) in [6.07, 6.45) is 13.6. The lowest BCUT2D eigenvalue weighted by molar-refractivity contribution is -0.182. The molecule has 10 aliphatic rings. The number of carboxylic acids is 2. The minimum absolute atomic E-state index is 0.0606. The molecule has 4 atom stereocenters. The van der Waals surface area contributed by atoms with Crippen LogP contribution in [0.15, 0.2) is 34.3 Å². The standard InChI is InChI=1S/C52H72N6O8S2/c1-3-17-67-45-37(43(59)57-41-31-19-29-20-32(41)26-49(65,23-29)25-31)5-7-39(55-45)53-35-9-13-51(14-10-35,47(61)62)52(48(63)64)15-11-36(12-16-52)54-40-8-6-38(46(56-40)68-18-4-2)44(60)58-42-33-21-30-22-34(42)28-50(66,24-30)27-33/h5-8,29-36,41-42,65-66H,3-4,9-28H2,1-2H3,(H,53,55)(H,54,56)(H,57,59)(H,58,60)(H,61,62)(H,63,64). The quantitative estimate of drug-likeness (QED) is 0.0698. The number of carbonyl (C=O) groups excluding carboxylic acids is 2. The molecule has 0 aliphatic heterocycles. The fourth-order valence-corrected chi connectivity index (χ4v) is 17.4. The number of aliphatic carboxylic acids is 2. The number of carboxylic acid groups (broad SMARTS) is 2. The smallest absolute Gasteiger partial charge is 0.310 e. The maximum atomic E-state index is 13.9. The van der Waals surface area contributed by atoms with Crippen LogP contribution in [0.3, 0.4) is 0 Å². The minimum atomic E-state index is -1.43. The van der Waals surface area contributed by atoms with Gasteiger partial charge in [0.1, 0.15) is 21.7 Å². The van der Waals surface area contributed by atoms with Crippen LogP contribution in [-0.4, -0.2) is 101 Å². The fraction of sp³-hybridized carbons (Fsp3) is 0.731. The molecule has 0 saturated heterocycles. The van der Waals surface area contributed by atoms with Gasteiger partial charge in [-0.2, -0.15) is 0 Å². The number of rotatable bonds is 17. The van der Waals surface area contributed by atoms with Gasteiger partial charge in [0.2, 0.25) is 0 Å². The molecule has 0 spiro atoms. The van der Waals surface area contributed by atoms with Gasteiger partial charge in [-0.3, -0.25) is 19.2 Å². The van der Waals surface area contributed by atoms with Gasteiger partial charge in [0.15, 0.2) is 0 Å². The van der Waals surface area contributed by atoms with Gasteiger partial charge < -0.3 is 41.7 Å². The molecule has 0 radical (unpaired) electrons. The molecule has 68 heavy (non-hydrogen) atoms. The first kappa shape index (κ1) is 48.0. The second-order valence-corrected chi connectivity index (χ2v) is 25.0. The molecule has 2 aromatic rings. The molecule has 2 heterocycles. The van der Waals surface area contributed by atoms with Crippen LogP contribution in [0.25, 0.3) is 0 Å². The zero-order valence-electron chi connectivity index (χ0n) is 39.8. The van der Waals surface area contributed by atoms with E-state index in [9.17, 15) is 39.6 Å². The van der Waals surface area contributed by atoms with Gasteiger partial charge in [0, 0.05) is 24.2 Å². The number of hydrogen-bond acceptors (Lipinski definition) is 12. The van der Waals surface area contributed by atoms with E-state index in [0.717, 1.165) is 88.6 Å². The van der Waals surface area contributed by atoms with E-state index in [1.54, 1.807) is 23.5 Å². The van der Waals surface area contributed by atoms with Crippen molar-refractivity contribution in [2.24, 2.45) is 46.3 Å². The molecule has 4 unspecified atom stereocenters. The second kappa shape index (κ2) is 18.9. The minimum Gasteiger partial charge on any atom is -0.481 e. The van der Waals surface area contributed by atoms with E-state index >= 15 is 0 Å². The summed E-state index contributed by atoms with van der Waals surface area (Å²) in [5.41, 5.74) is -2.91. The lowest BCUT2D eigenvalue weighted by Crippen LogP contribution is -2.61. The Hall–Kier alpha value is -3.60. The molecule has 370 valence electrons. The monoisotopic (exact) mass is 972 g/mol. The van der Waals surface area contributed by atoms with E-state index in [2.05, 4.69) is 35.1 Å².